The Bertz CT molecular complexity index is 527. The molecule has 2 rings (SSSR count). The average molecular weight is 283 g/mol. The molecule has 0 aliphatic heterocycles. The molecule has 0 bridgehead atoms. The van der Waals surface area contributed by atoms with Gasteiger partial charge in [0.25, 0.3) is 0 Å². The molecule has 0 unspecified atom stereocenters. The van der Waals surface area contributed by atoms with Crippen LogP contribution in [0.1, 0.15) is 15.4 Å². The highest BCUT2D eigenvalue weighted by Crippen LogP contribution is 2.23. The van der Waals surface area contributed by atoms with Crippen molar-refractivity contribution in [2.75, 3.05) is 7.05 Å². The van der Waals surface area contributed by atoms with Crippen LogP contribution in [-0.2, 0) is 13.2 Å². The molecule has 3 nitrogen and oxygen atoms in total. The zero-order valence-corrected chi connectivity index (χ0v) is 11.9. The number of aromatic nitrogens is 1. The molecule has 2 aromatic rings. The monoisotopic (exact) mass is 282 g/mol. The molecule has 18 heavy (non-hydrogen) atoms. The predicted molar refractivity (Wildman–Crippen MR) is 75.4 cm³/mol. The molecule has 1 heterocycles. The number of ether oxygens (including phenoxy) is 1. The van der Waals surface area contributed by atoms with Crippen LogP contribution >= 0.6 is 22.9 Å². The van der Waals surface area contributed by atoms with Crippen molar-refractivity contribution < 1.29 is 4.74 Å². The SMILES string of the molecule is CNCc1cnc(COc2ccc(Cl)cc2C)s1. The lowest BCUT2D eigenvalue weighted by Gasteiger charge is -2.07. The highest BCUT2D eigenvalue weighted by molar-refractivity contribution is 7.11. The number of nitrogens with one attached hydrogen (secondary N) is 1. The van der Waals surface area contributed by atoms with Gasteiger partial charge in [-0.25, -0.2) is 4.98 Å². The number of hydrogen-bond acceptors (Lipinski definition) is 4. The van der Waals surface area contributed by atoms with E-state index in [-0.39, 0.29) is 0 Å². The van der Waals surface area contributed by atoms with Crippen LogP contribution in [0, 0.1) is 6.92 Å². The smallest absolute Gasteiger partial charge is 0.140 e. The van der Waals surface area contributed by atoms with E-state index >= 15 is 0 Å². The molecule has 0 spiro atoms. The van der Waals surface area contributed by atoms with Crippen molar-refractivity contribution in [3.05, 3.63) is 44.9 Å². The highest BCUT2D eigenvalue weighted by Gasteiger charge is 2.04. The summed E-state index contributed by atoms with van der Waals surface area (Å²) in [6.45, 7) is 3.32. The topological polar surface area (TPSA) is 34.2 Å². The van der Waals surface area contributed by atoms with Crippen molar-refractivity contribution in [2.24, 2.45) is 0 Å². The Morgan fingerprint density at radius 1 is 1.44 bits per heavy atom. The van der Waals surface area contributed by atoms with Gasteiger partial charge in [0.2, 0.25) is 0 Å². The molecule has 0 saturated carbocycles. The zero-order chi connectivity index (χ0) is 13.0. The van der Waals surface area contributed by atoms with Gasteiger partial charge in [0.15, 0.2) is 0 Å². The van der Waals surface area contributed by atoms with E-state index in [0.29, 0.717) is 6.61 Å². The Balaban J connectivity index is 1.97. The van der Waals surface area contributed by atoms with Gasteiger partial charge < -0.3 is 10.1 Å². The molecule has 0 aliphatic carbocycles. The van der Waals surface area contributed by atoms with E-state index in [4.69, 9.17) is 16.3 Å². The number of benzene rings is 1. The van der Waals surface area contributed by atoms with Gasteiger partial charge >= 0.3 is 0 Å². The number of nitrogens with zero attached hydrogens (tertiary/aromatic N) is 1. The Labute approximate surface area is 116 Å². The number of halogens is 1. The third-order valence-electron chi connectivity index (χ3n) is 2.44. The van der Waals surface area contributed by atoms with Crippen LogP contribution < -0.4 is 10.1 Å². The largest absolute Gasteiger partial charge is 0.486 e. The molecular weight excluding hydrogens is 268 g/mol. The van der Waals surface area contributed by atoms with Crippen LogP contribution in [0.25, 0.3) is 0 Å². The summed E-state index contributed by atoms with van der Waals surface area (Å²) in [5.41, 5.74) is 1.04. The van der Waals surface area contributed by atoms with Gasteiger partial charge in [0.05, 0.1) is 0 Å². The fourth-order valence-electron chi connectivity index (χ4n) is 1.58. The Morgan fingerprint density at radius 3 is 3.00 bits per heavy atom. The van der Waals surface area contributed by atoms with Crippen molar-refractivity contribution in [3.8, 4) is 5.75 Å². The third-order valence-corrected chi connectivity index (χ3v) is 3.65. The third kappa shape index (κ3) is 3.45. The van der Waals surface area contributed by atoms with Crippen LogP contribution in [0.3, 0.4) is 0 Å². The molecule has 0 fully saturated rings. The fraction of sp³-hybridized carbons (Fsp3) is 0.308. The van der Waals surface area contributed by atoms with Crippen LogP contribution in [0.15, 0.2) is 24.4 Å². The minimum atomic E-state index is 0.497. The molecule has 1 aromatic carbocycles. The van der Waals surface area contributed by atoms with Gasteiger partial charge in [-0.05, 0) is 37.7 Å². The average Bonchev–Trinajstić information content (AvgIpc) is 2.76. The molecular formula is C13H15ClN2OS. The molecule has 0 aliphatic rings. The summed E-state index contributed by atoms with van der Waals surface area (Å²) in [5, 5.41) is 4.81. The molecule has 0 radical (unpaired) electrons. The van der Waals surface area contributed by atoms with E-state index < -0.39 is 0 Å². The molecule has 96 valence electrons. The van der Waals surface area contributed by atoms with Gasteiger partial charge in [-0.3, -0.25) is 0 Å². The van der Waals surface area contributed by atoms with E-state index in [1.54, 1.807) is 11.3 Å². The summed E-state index contributed by atoms with van der Waals surface area (Å²) in [5.74, 6) is 0.852. The Morgan fingerprint density at radius 2 is 2.28 bits per heavy atom. The quantitative estimate of drug-likeness (QED) is 0.913. The van der Waals surface area contributed by atoms with E-state index in [1.807, 2.05) is 38.4 Å². The first-order valence-corrected chi connectivity index (χ1v) is 6.85. The molecule has 5 heteroatoms. The lowest BCUT2D eigenvalue weighted by molar-refractivity contribution is 0.303. The standard InChI is InChI=1S/C13H15ClN2OS/c1-9-5-10(14)3-4-12(9)17-8-13-16-7-11(18-13)6-15-2/h3-5,7,15H,6,8H2,1-2H3. The summed E-state index contributed by atoms with van der Waals surface area (Å²) in [6, 6.07) is 5.61. The summed E-state index contributed by atoms with van der Waals surface area (Å²) in [6.07, 6.45) is 1.88. The van der Waals surface area contributed by atoms with Crippen molar-refractivity contribution in [3.63, 3.8) is 0 Å². The zero-order valence-electron chi connectivity index (χ0n) is 10.4. The van der Waals surface area contributed by atoms with E-state index in [1.165, 1.54) is 4.88 Å². The number of hydrogen-bond donors (Lipinski definition) is 1. The van der Waals surface area contributed by atoms with Crippen LogP contribution in [0.5, 0.6) is 5.75 Å². The van der Waals surface area contributed by atoms with Crippen LogP contribution in [0.4, 0.5) is 0 Å². The minimum Gasteiger partial charge on any atom is -0.486 e. The second-order valence-corrected chi connectivity index (χ2v) is 5.59. The van der Waals surface area contributed by atoms with Gasteiger partial charge in [0, 0.05) is 22.6 Å². The summed E-state index contributed by atoms with van der Waals surface area (Å²) in [7, 11) is 1.92. The van der Waals surface area contributed by atoms with Gasteiger partial charge in [-0.2, -0.15) is 0 Å². The van der Waals surface area contributed by atoms with Crippen molar-refractivity contribution in [2.45, 2.75) is 20.1 Å². The lowest BCUT2D eigenvalue weighted by atomic mass is 10.2. The molecule has 0 saturated heterocycles. The van der Waals surface area contributed by atoms with E-state index in [0.717, 1.165) is 27.9 Å². The summed E-state index contributed by atoms with van der Waals surface area (Å²) in [4.78, 5) is 5.54. The minimum absolute atomic E-state index is 0.497. The van der Waals surface area contributed by atoms with Gasteiger partial charge in [-0.15, -0.1) is 11.3 Å². The first-order chi connectivity index (χ1) is 8.69. The second-order valence-electron chi connectivity index (χ2n) is 3.95. The normalized spacial score (nSPS) is 10.6. The van der Waals surface area contributed by atoms with Gasteiger partial charge in [0.1, 0.15) is 17.4 Å². The van der Waals surface area contributed by atoms with Crippen LogP contribution in [0.2, 0.25) is 5.02 Å². The Kier molecular flexibility index (Phi) is 4.58. The van der Waals surface area contributed by atoms with Crippen molar-refractivity contribution in [1.82, 2.24) is 10.3 Å². The summed E-state index contributed by atoms with van der Waals surface area (Å²) >= 11 is 7.56. The lowest BCUT2D eigenvalue weighted by Crippen LogP contribution is -2.02. The number of thiazole rings is 1. The number of aryl methyl sites for hydroxylation is 1. The summed E-state index contributed by atoms with van der Waals surface area (Å²) < 4.78 is 5.74. The maximum Gasteiger partial charge on any atom is 0.140 e. The van der Waals surface area contributed by atoms with E-state index in [2.05, 4.69) is 10.3 Å². The fourth-order valence-corrected chi connectivity index (χ4v) is 2.66. The molecule has 1 N–H and O–H groups in total. The first-order valence-electron chi connectivity index (χ1n) is 5.66. The maximum absolute atomic E-state index is 5.90. The first kappa shape index (κ1) is 13.3. The van der Waals surface area contributed by atoms with Crippen molar-refractivity contribution in [1.29, 1.82) is 0 Å². The highest BCUT2D eigenvalue weighted by atomic mass is 35.5. The van der Waals surface area contributed by atoms with Crippen molar-refractivity contribution >= 4 is 22.9 Å². The molecule has 1 aromatic heterocycles. The van der Waals surface area contributed by atoms with E-state index in [9.17, 15) is 0 Å². The molecule has 0 amide bonds. The Hall–Kier alpha value is -1.10. The van der Waals surface area contributed by atoms with Crippen LogP contribution in [-0.4, -0.2) is 12.0 Å². The maximum atomic E-state index is 5.90. The number of rotatable bonds is 5. The second kappa shape index (κ2) is 6.18. The van der Waals surface area contributed by atoms with Gasteiger partial charge in [-0.1, -0.05) is 11.6 Å². The molecule has 0 atom stereocenters. The predicted octanol–water partition coefficient (Wildman–Crippen LogP) is 3.40.